The zero-order chi connectivity index (χ0) is 11.3. The lowest BCUT2D eigenvalue weighted by Crippen LogP contribution is -1.96. The van der Waals surface area contributed by atoms with Crippen LogP contribution >= 0.6 is 0 Å². The third-order valence-electron chi connectivity index (χ3n) is 1.73. The molecular weight excluding hydrogens is 196 g/mol. The van der Waals surface area contributed by atoms with Crippen molar-refractivity contribution in [2.75, 3.05) is 12.8 Å². The molecule has 0 unspecified atom stereocenters. The number of aromatic nitrogens is 2. The predicted molar refractivity (Wildman–Crippen MR) is 53.4 cm³/mol. The summed E-state index contributed by atoms with van der Waals surface area (Å²) in [4.78, 5) is 10.8. The minimum absolute atomic E-state index is 0.139. The number of nitrogens with one attached hydrogen (secondary N) is 1. The van der Waals surface area contributed by atoms with E-state index in [0.29, 0.717) is 5.69 Å². The molecule has 1 rings (SSSR count). The Labute approximate surface area is 86.3 Å². The summed E-state index contributed by atoms with van der Waals surface area (Å²) in [5.74, 6) is -0.201. The van der Waals surface area contributed by atoms with Crippen LogP contribution in [0.15, 0.2) is 6.08 Å². The van der Waals surface area contributed by atoms with Gasteiger partial charge in [0.25, 0.3) is 0 Å². The van der Waals surface area contributed by atoms with Gasteiger partial charge in [0.05, 0.1) is 19.2 Å². The van der Waals surface area contributed by atoms with Crippen LogP contribution in [0, 0.1) is 11.3 Å². The number of carbonyl (C=O) groups is 1. The fourth-order valence-electron chi connectivity index (χ4n) is 0.965. The molecule has 0 bridgehead atoms. The number of methoxy groups -OCH3 is 1. The summed E-state index contributed by atoms with van der Waals surface area (Å²) >= 11 is 0. The minimum atomic E-state index is -0.350. The monoisotopic (exact) mass is 206 g/mol. The number of H-pyrrole nitrogens is 1. The molecule has 1 aromatic rings. The van der Waals surface area contributed by atoms with Gasteiger partial charge in [-0.1, -0.05) is 6.08 Å². The van der Waals surface area contributed by atoms with Gasteiger partial charge in [-0.05, 0) is 6.08 Å². The first-order valence-electron chi connectivity index (χ1n) is 4.16. The number of ether oxygens (including phenoxy) is 1. The van der Waals surface area contributed by atoms with Gasteiger partial charge in [0.15, 0.2) is 5.82 Å². The zero-order valence-electron chi connectivity index (χ0n) is 8.15. The van der Waals surface area contributed by atoms with Crippen molar-refractivity contribution in [3.05, 3.63) is 17.3 Å². The topological polar surface area (TPSA) is 105 Å². The van der Waals surface area contributed by atoms with Crippen molar-refractivity contribution in [2.24, 2.45) is 0 Å². The molecule has 0 aliphatic carbocycles. The number of hydrogen-bond donors (Lipinski definition) is 2. The Hall–Kier alpha value is -2.29. The number of rotatable bonds is 3. The van der Waals surface area contributed by atoms with Gasteiger partial charge in [0.1, 0.15) is 11.6 Å². The van der Waals surface area contributed by atoms with Gasteiger partial charge in [-0.3, -0.25) is 9.89 Å². The number of nitrogens with zero attached hydrogens (tertiary/aromatic N) is 2. The molecule has 0 spiro atoms. The van der Waals surface area contributed by atoms with Gasteiger partial charge in [0.2, 0.25) is 0 Å². The van der Waals surface area contributed by atoms with E-state index in [0.717, 1.165) is 0 Å². The van der Waals surface area contributed by atoms with Crippen molar-refractivity contribution in [2.45, 2.75) is 6.42 Å². The molecular formula is C9H10N4O2. The first-order valence-corrected chi connectivity index (χ1v) is 4.16. The highest BCUT2D eigenvalue weighted by Crippen LogP contribution is 2.13. The number of nitriles is 1. The Morgan fingerprint density at radius 2 is 2.53 bits per heavy atom. The van der Waals surface area contributed by atoms with Crippen molar-refractivity contribution in [1.29, 1.82) is 5.26 Å². The zero-order valence-corrected chi connectivity index (χ0v) is 8.15. The van der Waals surface area contributed by atoms with Crippen LogP contribution in [0.3, 0.4) is 0 Å². The second-order valence-electron chi connectivity index (χ2n) is 2.69. The van der Waals surface area contributed by atoms with Crippen molar-refractivity contribution in [3.63, 3.8) is 0 Å². The van der Waals surface area contributed by atoms with E-state index in [1.807, 2.05) is 6.07 Å². The molecule has 0 aromatic carbocycles. The fraction of sp³-hybridized carbons (Fsp3) is 0.222. The lowest BCUT2D eigenvalue weighted by molar-refractivity contribution is -0.139. The van der Waals surface area contributed by atoms with Crippen LogP contribution in [0.5, 0.6) is 0 Å². The summed E-state index contributed by atoms with van der Waals surface area (Å²) in [6.45, 7) is 0. The maximum Gasteiger partial charge on any atom is 0.309 e. The van der Waals surface area contributed by atoms with Gasteiger partial charge in [-0.25, -0.2) is 0 Å². The minimum Gasteiger partial charge on any atom is -0.469 e. The summed E-state index contributed by atoms with van der Waals surface area (Å²) in [6, 6.07) is 1.91. The van der Waals surface area contributed by atoms with Gasteiger partial charge in [0, 0.05) is 0 Å². The van der Waals surface area contributed by atoms with Gasteiger partial charge >= 0.3 is 5.97 Å². The van der Waals surface area contributed by atoms with Crippen molar-refractivity contribution in [1.82, 2.24) is 10.2 Å². The van der Waals surface area contributed by atoms with Crippen LogP contribution < -0.4 is 5.73 Å². The molecule has 1 heterocycles. The normalized spacial score (nSPS) is 10.1. The average molecular weight is 206 g/mol. The number of nitrogen functional groups attached to an aromatic ring is 1. The van der Waals surface area contributed by atoms with Crippen LogP contribution in [0.25, 0.3) is 6.08 Å². The number of carbonyl (C=O) groups excluding carboxylic acids is 1. The molecule has 0 amide bonds. The van der Waals surface area contributed by atoms with E-state index in [2.05, 4.69) is 14.9 Å². The van der Waals surface area contributed by atoms with Gasteiger partial charge in [-0.2, -0.15) is 10.4 Å². The maximum absolute atomic E-state index is 10.8. The maximum atomic E-state index is 10.8. The number of anilines is 1. The summed E-state index contributed by atoms with van der Waals surface area (Å²) in [7, 11) is 1.31. The number of hydrogen-bond acceptors (Lipinski definition) is 5. The summed E-state index contributed by atoms with van der Waals surface area (Å²) < 4.78 is 4.44. The first-order chi connectivity index (χ1) is 7.19. The van der Waals surface area contributed by atoms with Crippen molar-refractivity contribution >= 4 is 17.9 Å². The molecule has 0 saturated carbocycles. The van der Waals surface area contributed by atoms with Gasteiger partial charge < -0.3 is 10.5 Å². The molecule has 0 atom stereocenters. The molecule has 6 nitrogen and oxygen atoms in total. The number of esters is 1. The molecule has 78 valence electrons. The molecule has 1 aromatic heterocycles. The highest BCUT2D eigenvalue weighted by molar-refractivity contribution is 5.73. The average Bonchev–Trinajstić information content (AvgIpc) is 2.59. The molecule has 15 heavy (non-hydrogen) atoms. The largest absolute Gasteiger partial charge is 0.469 e. The summed E-state index contributed by atoms with van der Waals surface area (Å²) in [5, 5.41) is 15.0. The van der Waals surface area contributed by atoms with E-state index in [1.165, 1.54) is 7.11 Å². The second kappa shape index (κ2) is 4.81. The quantitative estimate of drug-likeness (QED) is 0.698. The van der Waals surface area contributed by atoms with Crippen LogP contribution in [-0.4, -0.2) is 23.3 Å². The van der Waals surface area contributed by atoms with E-state index in [-0.39, 0.29) is 23.8 Å². The Bertz CT molecular complexity index is 428. The first kappa shape index (κ1) is 10.8. The lowest BCUT2D eigenvalue weighted by Gasteiger charge is -1.91. The highest BCUT2D eigenvalue weighted by atomic mass is 16.5. The lowest BCUT2D eigenvalue weighted by atomic mass is 10.2. The van der Waals surface area contributed by atoms with Gasteiger partial charge in [-0.15, -0.1) is 0 Å². The van der Waals surface area contributed by atoms with E-state index in [9.17, 15) is 4.79 Å². The molecule has 6 heteroatoms. The number of nitrogens with two attached hydrogens (primary N) is 1. The third-order valence-corrected chi connectivity index (χ3v) is 1.73. The summed E-state index contributed by atoms with van der Waals surface area (Å²) in [5.41, 5.74) is 6.18. The molecule has 0 radical (unpaired) electrons. The Kier molecular flexibility index (Phi) is 3.46. The Morgan fingerprint density at radius 3 is 3.13 bits per heavy atom. The predicted octanol–water partition coefficient (Wildman–Crippen LogP) is 0.440. The second-order valence-corrected chi connectivity index (χ2v) is 2.69. The smallest absolute Gasteiger partial charge is 0.309 e. The standard InChI is InChI=1S/C9H10N4O2/c1-15-8(14)4-2-3-7-6(5-10)9(11)13-12-7/h2-3H,4H2,1H3,(H3,11,12,13). The van der Waals surface area contributed by atoms with Crippen LogP contribution in [0.4, 0.5) is 5.82 Å². The van der Waals surface area contributed by atoms with E-state index in [4.69, 9.17) is 11.0 Å². The van der Waals surface area contributed by atoms with E-state index < -0.39 is 0 Å². The van der Waals surface area contributed by atoms with Crippen molar-refractivity contribution < 1.29 is 9.53 Å². The SMILES string of the molecule is COC(=O)CC=Cc1[nH]nc(N)c1C#N. The molecule has 0 aliphatic rings. The Balaban J connectivity index is 2.73. The van der Waals surface area contributed by atoms with E-state index in [1.54, 1.807) is 12.2 Å². The number of aromatic amines is 1. The van der Waals surface area contributed by atoms with Crippen molar-refractivity contribution in [3.8, 4) is 6.07 Å². The van der Waals surface area contributed by atoms with Crippen LogP contribution in [0.2, 0.25) is 0 Å². The van der Waals surface area contributed by atoms with Crippen LogP contribution in [-0.2, 0) is 9.53 Å². The molecule has 3 N–H and O–H groups in total. The van der Waals surface area contributed by atoms with Crippen LogP contribution in [0.1, 0.15) is 17.7 Å². The summed E-state index contributed by atoms with van der Waals surface area (Å²) in [6.07, 6.45) is 3.28. The third kappa shape index (κ3) is 2.57. The molecule has 0 aliphatic heterocycles. The molecule has 0 saturated heterocycles. The Morgan fingerprint density at radius 1 is 1.80 bits per heavy atom. The molecule has 0 fully saturated rings. The van der Waals surface area contributed by atoms with E-state index >= 15 is 0 Å². The fourth-order valence-corrected chi connectivity index (χ4v) is 0.965. The highest BCUT2D eigenvalue weighted by Gasteiger charge is 2.06.